The van der Waals surface area contributed by atoms with Crippen molar-refractivity contribution in [1.29, 1.82) is 0 Å². The fourth-order valence-corrected chi connectivity index (χ4v) is 5.10. The normalized spacial score (nSPS) is 12.0. The van der Waals surface area contributed by atoms with E-state index >= 15 is 0 Å². The SMILES string of the molecule is CCCCCCCCCCCCCCCC(=O)O[CH][C@@H](C)OC(=O)CCCCCCCCCCCCCCC. The Morgan fingerprint density at radius 1 is 0.462 bits per heavy atom. The molecule has 0 aromatic heterocycles. The summed E-state index contributed by atoms with van der Waals surface area (Å²) < 4.78 is 10.6. The second-order valence-electron chi connectivity index (χ2n) is 11.8. The van der Waals surface area contributed by atoms with Gasteiger partial charge in [0.2, 0.25) is 0 Å². The van der Waals surface area contributed by atoms with Crippen LogP contribution in [0.3, 0.4) is 0 Å². The first-order chi connectivity index (χ1) is 19.1. The van der Waals surface area contributed by atoms with Gasteiger partial charge in [-0.15, -0.1) is 0 Å². The van der Waals surface area contributed by atoms with E-state index in [4.69, 9.17) is 9.47 Å². The average molecular weight is 552 g/mol. The molecule has 231 valence electrons. The Labute approximate surface area is 244 Å². The molecule has 1 radical (unpaired) electrons. The number of hydrogen-bond acceptors (Lipinski definition) is 4. The van der Waals surface area contributed by atoms with Crippen LogP contribution in [-0.2, 0) is 19.1 Å². The molecule has 4 nitrogen and oxygen atoms in total. The molecule has 0 aliphatic rings. The van der Waals surface area contributed by atoms with Gasteiger partial charge in [-0.1, -0.05) is 168 Å². The second kappa shape index (κ2) is 31.5. The van der Waals surface area contributed by atoms with E-state index < -0.39 is 6.10 Å². The number of esters is 2. The van der Waals surface area contributed by atoms with Crippen molar-refractivity contribution in [3.63, 3.8) is 0 Å². The molecular weight excluding hydrogens is 484 g/mol. The molecular formula is C35H67O4. The van der Waals surface area contributed by atoms with Crippen molar-refractivity contribution < 1.29 is 19.1 Å². The van der Waals surface area contributed by atoms with E-state index in [9.17, 15) is 9.59 Å². The van der Waals surface area contributed by atoms with Crippen LogP contribution in [-0.4, -0.2) is 18.0 Å². The van der Waals surface area contributed by atoms with Gasteiger partial charge >= 0.3 is 11.9 Å². The summed E-state index contributed by atoms with van der Waals surface area (Å²) >= 11 is 0. The maximum absolute atomic E-state index is 12.0. The van der Waals surface area contributed by atoms with Gasteiger partial charge in [-0.25, -0.2) is 0 Å². The summed E-state index contributed by atoms with van der Waals surface area (Å²) in [6.07, 6.45) is 33.9. The van der Waals surface area contributed by atoms with E-state index in [1.165, 1.54) is 148 Å². The van der Waals surface area contributed by atoms with Crippen LogP contribution in [0, 0.1) is 6.61 Å². The van der Waals surface area contributed by atoms with E-state index in [0.717, 1.165) is 25.7 Å². The molecule has 0 saturated carbocycles. The Kier molecular flexibility index (Phi) is 30.6. The highest BCUT2D eigenvalue weighted by molar-refractivity contribution is 5.70. The topological polar surface area (TPSA) is 52.6 Å². The maximum Gasteiger partial charge on any atom is 0.306 e. The Bertz CT molecular complexity index is 519. The monoisotopic (exact) mass is 552 g/mol. The standard InChI is InChI=1S/C35H67O4/c1-4-6-8-10-12-14-16-18-20-22-24-26-28-30-34(36)38-32-33(3)39-35(37)31-29-27-25-23-21-19-17-15-13-11-9-7-5-2/h32-33H,4-31H2,1-3H3/t33-/m1/s1. The van der Waals surface area contributed by atoms with Gasteiger partial charge in [0.05, 0.1) is 0 Å². The summed E-state index contributed by atoms with van der Waals surface area (Å²) in [5.74, 6) is -0.424. The first-order valence-corrected chi connectivity index (χ1v) is 17.3. The van der Waals surface area contributed by atoms with Gasteiger partial charge in [-0.2, -0.15) is 0 Å². The molecule has 0 aromatic carbocycles. The molecule has 0 N–H and O–H groups in total. The number of ether oxygens (including phenoxy) is 2. The first-order valence-electron chi connectivity index (χ1n) is 17.3. The van der Waals surface area contributed by atoms with Gasteiger partial charge in [0, 0.05) is 12.8 Å². The number of unbranched alkanes of at least 4 members (excludes halogenated alkanes) is 24. The number of rotatable bonds is 31. The number of carbonyl (C=O) groups is 2. The summed E-state index contributed by atoms with van der Waals surface area (Å²) in [7, 11) is 0. The van der Waals surface area contributed by atoms with Crippen molar-refractivity contribution in [2.45, 2.75) is 207 Å². The van der Waals surface area contributed by atoms with E-state index in [-0.39, 0.29) is 11.9 Å². The average Bonchev–Trinajstić information content (AvgIpc) is 2.92. The molecule has 4 heteroatoms. The molecule has 0 aliphatic carbocycles. The van der Waals surface area contributed by atoms with Crippen molar-refractivity contribution >= 4 is 11.9 Å². The van der Waals surface area contributed by atoms with Crippen LogP contribution in [0.4, 0.5) is 0 Å². The van der Waals surface area contributed by atoms with Crippen molar-refractivity contribution in [2.75, 3.05) is 0 Å². The quantitative estimate of drug-likeness (QED) is 0.0635. The van der Waals surface area contributed by atoms with Crippen LogP contribution in [0.15, 0.2) is 0 Å². The van der Waals surface area contributed by atoms with Gasteiger partial charge in [0.1, 0.15) is 6.10 Å². The van der Waals surface area contributed by atoms with E-state index in [0.29, 0.717) is 12.8 Å². The summed E-state index contributed by atoms with van der Waals surface area (Å²) in [6, 6.07) is 0. The molecule has 0 rings (SSSR count). The third-order valence-electron chi connectivity index (χ3n) is 7.68. The molecule has 0 amide bonds. The highest BCUT2D eigenvalue weighted by atomic mass is 16.6. The zero-order chi connectivity index (χ0) is 28.7. The Morgan fingerprint density at radius 3 is 1.08 bits per heavy atom. The largest absolute Gasteiger partial charge is 0.459 e. The molecule has 1 atom stereocenters. The summed E-state index contributed by atoms with van der Waals surface area (Å²) in [5.41, 5.74) is 0. The Hall–Kier alpha value is -1.06. The predicted octanol–water partition coefficient (Wildman–Crippen LogP) is 11.6. The lowest BCUT2D eigenvalue weighted by Crippen LogP contribution is -2.18. The van der Waals surface area contributed by atoms with Gasteiger partial charge < -0.3 is 9.47 Å². The van der Waals surface area contributed by atoms with Gasteiger partial charge in [0.25, 0.3) is 0 Å². The van der Waals surface area contributed by atoms with E-state index in [2.05, 4.69) is 13.8 Å². The lowest BCUT2D eigenvalue weighted by atomic mass is 10.0. The minimum atomic E-state index is -0.491. The Morgan fingerprint density at radius 2 is 0.744 bits per heavy atom. The highest BCUT2D eigenvalue weighted by Gasteiger charge is 2.13. The lowest BCUT2D eigenvalue weighted by Gasteiger charge is -2.13. The molecule has 0 unspecified atom stereocenters. The zero-order valence-electron chi connectivity index (χ0n) is 26.6. The zero-order valence-corrected chi connectivity index (χ0v) is 26.6. The minimum Gasteiger partial charge on any atom is -0.459 e. The lowest BCUT2D eigenvalue weighted by molar-refractivity contribution is -0.153. The Balaban J connectivity index is 3.40. The van der Waals surface area contributed by atoms with Gasteiger partial charge in [-0.05, 0) is 19.8 Å². The third-order valence-corrected chi connectivity index (χ3v) is 7.68. The maximum atomic E-state index is 12.0. The molecule has 0 aliphatic heterocycles. The summed E-state index contributed by atoms with van der Waals surface area (Å²) in [5, 5.41) is 0. The van der Waals surface area contributed by atoms with Crippen molar-refractivity contribution in [2.24, 2.45) is 0 Å². The fraction of sp³-hybridized carbons (Fsp3) is 0.914. The highest BCUT2D eigenvalue weighted by Crippen LogP contribution is 2.15. The van der Waals surface area contributed by atoms with Crippen LogP contribution < -0.4 is 0 Å². The van der Waals surface area contributed by atoms with Crippen molar-refractivity contribution in [3.8, 4) is 0 Å². The van der Waals surface area contributed by atoms with E-state index in [1.807, 2.05) is 0 Å². The van der Waals surface area contributed by atoms with Crippen LogP contribution in [0.1, 0.15) is 201 Å². The van der Waals surface area contributed by atoms with Crippen LogP contribution in [0.25, 0.3) is 0 Å². The van der Waals surface area contributed by atoms with Crippen LogP contribution >= 0.6 is 0 Å². The van der Waals surface area contributed by atoms with Crippen molar-refractivity contribution in [3.05, 3.63) is 6.61 Å². The first kappa shape index (κ1) is 37.9. The molecule has 0 aromatic rings. The summed E-state index contributed by atoms with van der Waals surface area (Å²) in [4.78, 5) is 24.0. The second-order valence-corrected chi connectivity index (χ2v) is 11.8. The van der Waals surface area contributed by atoms with Gasteiger partial charge in [-0.3, -0.25) is 9.59 Å². The third kappa shape index (κ3) is 31.3. The predicted molar refractivity (Wildman–Crippen MR) is 167 cm³/mol. The molecule has 0 bridgehead atoms. The molecule has 0 fully saturated rings. The van der Waals surface area contributed by atoms with Crippen LogP contribution in [0.5, 0.6) is 0 Å². The van der Waals surface area contributed by atoms with Crippen molar-refractivity contribution in [1.82, 2.24) is 0 Å². The summed E-state index contributed by atoms with van der Waals surface area (Å²) in [6.45, 7) is 7.65. The molecule has 0 heterocycles. The number of carbonyl (C=O) groups excluding carboxylic acids is 2. The molecule has 0 spiro atoms. The number of hydrogen-bond donors (Lipinski definition) is 0. The molecule has 39 heavy (non-hydrogen) atoms. The fourth-order valence-electron chi connectivity index (χ4n) is 5.10. The van der Waals surface area contributed by atoms with Crippen LogP contribution in [0.2, 0.25) is 0 Å². The van der Waals surface area contributed by atoms with E-state index in [1.54, 1.807) is 6.92 Å². The van der Waals surface area contributed by atoms with Gasteiger partial charge in [0.15, 0.2) is 6.61 Å². The minimum absolute atomic E-state index is 0.200. The molecule has 0 saturated heterocycles. The smallest absolute Gasteiger partial charge is 0.306 e.